The summed E-state index contributed by atoms with van der Waals surface area (Å²) < 4.78 is 0. The first kappa shape index (κ1) is 13.2. The lowest BCUT2D eigenvalue weighted by atomic mass is 9.67. The van der Waals surface area contributed by atoms with E-state index in [1.54, 1.807) is 0 Å². The lowest BCUT2D eigenvalue weighted by molar-refractivity contribution is -0.127. The molecule has 0 bridgehead atoms. The SMILES string of the molecule is CC(CCl)NC(=O)C1CCC2CCCCC2C1. The maximum atomic E-state index is 12.1. The van der Waals surface area contributed by atoms with Crippen LogP contribution in [0.2, 0.25) is 0 Å². The van der Waals surface area contributed by atoms with Crippen LogP contribution in [0.5, 0.6) is 0 Å². The largest absolute Gasteiger partial charge is 0.352 e. The minimum Gasteiger partial charge on any atom is -0.352 e. The van der Waals surface area contributed by atoms with Crippen LogP contribution in [0.1, 0.15) is 51.9 Å². The Morgan fingerprint density at radius 2 is 1.94 bits per heavy atom. The van der Waals surface area contributed by atoms with Gasteiger partial charge in [0.2, 0.25) is 5.91 Å². The number of nitrogens with one attached hydrogen (secondary N) is 1. The molecule has 0 aliphatic heterocycles. The van der Waals surface area contributed by atoms with E-state index in [0.29, 0.717) is 5.88 Å². The first-order chi connectivity index (χ1) is 8.20. The average molecular weight is 258 g/mol. The summed E-state index contributed by atoms with van der Waals surface area (Å²) in [4.78, 5) is 12.1. The lowest BCUT2D eigenvalue weighted by Crippen LogP contribution is -2.41. The second-order valence-corrected chi connectivity index (χ2v) is 6.19. The fourth-order valence-corrected chi connectivity index (χ4v) is 3.59. The van der Waals surface area contributed by atoms with E-state index in [2.05, 4.69) is 5.32 Å². The van der Waals surface area contributed by atoms with Gasteiger partial charge in [-0.1, -0.05) is 25.7 Å². The summed E-state index contributed by atoms with van der Waals surface area (Å²) in [5.74, 6) is 2.73. The number of fused-ring (bicyclic) bond motifs is 1. The van der Waals surface area contributed by atoms with Crippen molar-refractivity contribution in [1.29, 1.82) is 0 Å². The third kappa shape index (κ3) is 3.37. The Morgan fingerprint density at radius 3 is 2.65 bits per heavy atom. The van der Waals surface area contributed by atoms with E-state index in [0.717, 1.165) is 24.7 Å². The van der Waals surface area contributed by atoms with Crippen LogP contribution in [0.25, 0.3) is 0 Å². The van der Waals surface area contributed by atoms with Gasteiger partial charge < -0.3 is 5.32 Å². The zero-order valence-electron chi connectivity index (χ0n) is 10.8. The van der Waals surface area contributed by atoms with Gasteiger partial charge in [0.1, 0.15) is 0 Å². The van der Waals surface area contributed by atoms with Gasteiger partial charge in [0.25, 0.3) is 0 Å². The summed E-state index contributed by atoms with van der Waals surface area (Å²) in [7, 11) is 0. The van der Waals surface area contributed by atoms with Gasteiger partial charge >= 0.3 is 0 Å². The highest BCUT2D eigenvalue weighted by molar-refractivity contribution is 6.18. The molecule has 2 fully saturated rings. The number of hydrogen-bond donors (Lipinski definition) is 1. The third-order valence-corrected chi connectivity index (χ3v) is 4.99. The number of carbonyl (C=O) groups excluding carboxylic acids is 1. The van der Waals surface area contributed by atoms with Crippen LogP contribution >= 0.6 is 11.6 Å². The van der Waals surface area contributed by atoms with Crippen molar-refractivity contribution in [2.45, 2.75) is 57.9 Å². The molecule has 1 N–H and O–H groups in total. The monoisotopic (exact) mass is 257 g/mol. The Morgan fingerprint density at radius 1 is 1.24 bits per heavy atom. The number of hydrogen-bond acceptors (Lipinski definition) is 1. The zero-order chi connectivity index (χ0) is 12.3. The summed E-state index contributed by atoms with van der Waals surface area (Å²) in [6, 6.07) is 0.105. The van der Waals surface area contributed by atoms with Gasteiger partial charge in [0, 0.05) is 17.8 Å². The van der Waals surface area contributed by atoms with Gasteiger partial charge in [0.05, 0.1) is 0 Å². The molecule has 0 spiro atoms. The van der Waals surface area contributed by atoms with Crippen molar-refractivity contribution in [3.8, 4) is 0 Å². The van der Waals surface area contributed by atoms with Crippen molar-refractivity contribution in [3.05, 3.63) is 0 Å². The van der Waals surface area contributed by atoms with Crippen LogP contribution in [-0.2, 0) is 4.79 Å². The van der Waals surface area contributed by atoms with Crippen molar-refractivity contribution in [2.24, 2.45) is 17.8 Å². The molecule has 4 atom stereocenters. The quantitative estimate of drug-likeness (QED) is 0.772. The normalized spacial score (nSPS) is 34.8. The summed E-state index contributed by atoms with van der Waals surface area (Å²) in [6.45, 7) is 1.97. The summed E-state index contributed by atoms with van der Waals surface area (Å²) in [5.41, 5.74) is 0. The Balaban J connectivity index is 1.84. The minimum absolute atomic E-state index is 0.105. The highest BCUT2D eigenvalue weighted by atomic mass is 35.5. The second kappa shape index (κ2) is 6.08. The van der Waals surface area contributed by atoms with E-state index in [9.17, 15) is 4.79 Å². The maximum Gasteiger partial charge on any atom is 0.223 e. The maximum absolute atomic E-state index is 12.1. The topological polar surface area (TPSA) is 29.1 Å². The molecule has 4 unspecified atom stereocenters. The molecule has 0 aromatic heterocycles. The van der Waals surface area contributed by atoms with Crippen molar-refractivity contribution in [3.63, 3.8) is 0 Å². The molecule has 98 valence electrons. The van der Waals surface area contributed by atoms with E-state index in [4.69, 9.17) is 11.6 Å². The molecule has 3 heteroatoms. The Kier molecular flexibility index (Phi) is 4.72. The molecule has 1 amide bonds. The first-order valence-electron chi connectivity index (χ1n) is 7.07. The predicted octanol–water partition coefficient (Wildman–Crippen LogP) is 3.34. The van der Waals surface area contributed by atoms with Gasteiger partial charge in [-0.25, -0.2) is 0 Å². The number of halogens is 1. The fourth-order valence-electron chi connectivity index (χ4n) is 3.51. The third-order valence-electron chi connectivity index (χ3n) is 4.53. The van der Waals surface area contributed by atoms with E-state index in [1.165, 1.54) is 32.1 Å². The predicted molar refractivity (Wildman–Crippen MR) is 71.1 cm³/mol. The van der Waals surface area contributed by atoms with E-state index >= 15 is 0 Å². The van der Waals surface area contributed by atoms with Gasteiger partial charge in [-0.2, -0.15) is 0 Å². The van der Waals surface area contributed by atoms with Gasteiger partial charge in [0.15, 0.2) is 0 Å². The molecule has 2 nitrogen and oxygen atoms in total. The first-order valence-corrected chi connectivity index (χ1v) is 7.60. The van der Waals surface area contributed by atoms with Crippen molar-refractivity contribution < 1.29 is 4.79 Å². The molecule has 0 aromatic carbocycles. The minimum atomic E-state index is 0.105. The van der Waals surface area contributed by atoms with Gasteiger partial charge in [-0.3, -0.25) is 4.79 Å². The highest BCUT2D eigenvalue weighted by Gasteiger charge is 2.35. The number of rotatable bonds is 3. The Labute approximate surface area is 109 Å². The molecular weight excluding hydrogens is 234 g/mol. The number of alkyl halides is 1. The smallest absolute Gasteiger partial charge is 0.223 e. The lowest BCUT2D eigenvalue weighted by Gasteiger charge is -2.39. The van der Waals surface area contributed by atoms with Crippen molar-refractivity contribution in [2.75, 3.05) is 5.88 Å². The van der Waals surface area contributed by atoms with Crippen LogP contribution < -0.4 is 5.32 Å². The highest BCUT2D eigenvalue weighted by Crippen LogP contribution is 2.42. The summed E-state index contributed by atoms with van der Waals surface area (Å²) >= 11 is 5.73. The molecular formula is C14H24ClNO. The van der Waals surface area contributed by atoms with Crippen LogP contribution in [0.4, 0.5) is 0 Å². The molecule has 2 aliphatic rings. The van der Waals surface area contributed by atoms with Crippen molar-refractivity contribution in [1.82, 2.24) is 5.32 Å². The average Bonchev–Trinajstić information content (AvgIpc) is 2.38. The molecule has 2 saturated carbocycles. The Bertz CT molecular complexity index is 269. The molecule has 0 radical (unpaired) electrons. The Hall–Kier alpha value is -0.240. The summed E-state index contributed by atoms with van der Waals surface area (Å²) in [6.07, 6.45) is 8.98. The summed E-state index contributed by atoms with van der Waals surface area (Å²) in [5, 5.41) is 3.02. The van der Waals surface area contributed by atoms with E-state index in [1.807, 2.05) is 6.92 Å². The van der Waals surface area contributed by atoms with Gasteiger partial charge in [-0.15, -0.1) is 11.6 Å². The molecule has 17 heavy (non-hydrogen) atoms. The molecule has 0 aromatic rings. The van der Waals surface area contributed by atoms with Crippen LogP contribution in [-0.4, -0.2) is 17.8 Å². The van der Waals surface area contributed by atoms with Gasteiger partial charge in [-0.05, 0) is 38.0 Å². The second-order valence-electron chi connectivity index (χ2n) is 5.88. The molecule has 2 aliphatic carbocycles. The van der Waals surface area contributed by atoms with Crippen LogP contribution in [0, 0.1) is 17.8 Å². The molecule has 2 rings (SSSR count). The number of amides is 1. The van der Waals surface area contributed by atoms with E-state index in [-0.39, 0.29) is 17.9 Å². The van der Waals surface area contributed by atoms with E-state index < -0.39 is 0 Å². The van der Waals surface area contributed by atoms with Crippen molar-refractivity contribution >= 4 is 17.5 Å². The standard InChI is InChI=1S/C14H24ClNO/c1-10(9-15)16-14(17)13-7-6-11-4-2-3-5-12(11)8-13/h10-13H,2-9H2,1H3,(H,16,17). The molecule has 0 heterocycles. The fraction of sp³-hybridized carbons (Fsp3) is 0.929. The zero-order valence-corrected chi connectivity index (χ0v) is 11.5. The molecule has 0 saturated heterocycles. The van der Waals surface area contributed by atoms with Crippen LogP contribution in [0.3, 0.4) is 0 Å². The number of carbonyl (C=O) groups is 1. The van der Waals surface area contributed by atoms with Crippen LogP contribution in [0.15, 0.2) is 0 Å².